The van der Waals surface area contributed by atoms with E-state index >= 15 is 0 Å². The van der Waals surface area contributed by atoms with Gasteiger partial charge in [0.2, 0.25) is 0 Å². The molecule has 0 amide bonds. The summed E-state index contributed by atoms with van der Waals surface area (Å²) >= 11 is 3.02. The monoisotopic (exact) mass is 276 g/mol. The Morgan fingerprint density at radius 3 is 2.93 bits per heavy atom. The molecule has 1 aromatic rings. The Balaban J connectivity index is 2.58. The van der Waals surface area contributed by atoms with Gasteiger partial charge in [-0.1, -0.05) is 6.07 Å². The minimum absolute atomic E-state index is 0.203. The standard InChI is InChI=1S/C10H10BrFO3/c1-2-14-9(13)6-15-8-5-3-4-7(12)10(8)11/h3-5H,2,6H2,1H3. The van der Waals surface area contributed by atoms with Crippen molar-refractivity contribution in [1.82, 2.24) is 0 Å². The average Bonchev–Trinajstić information content (AvgIpc) is 2.21. The van der Waals surface area contributed by atoms with Crippen molar-refractivity contribution >= 4 is 21.9 Å². The maximum Gasteiger partial charge on any atom is 0.344 e. The van der Waals surface area contributed by atoms with E-state index in [1.807, 2.05) is 0 Å². The molecule has 0 spiro atoms. The van der Waals surface area contributed by atoms with Crippen LogP contribution < -0.4 is 4.74 Å². The maximum atomic E-state index is 13.0. The van der Waals surface area contributed by atoms with Crippen LogP contribution in [0.5, 0.6) is 5.75 Å². The molecule has 0 saturated carbocycles. The number of carbonyl (C=O) groups is 1. The first kappa shape index (κ1) is 12.0. The van der Waals surface area contributed by atoms with Crippen LogP contribution in [-0.4, -0.2) is 19.2 Å². The molecule has 0 fully saturated rings. The molecule has 1 rings (SSSR count). The van der Waals surface area contributed by atoms with Crippen LogP contribution in [0.4, 0.5) is 4.39 Å². The van der Waals surface area contributed by atoms with Gasteiger partial charge < -0.3 is 9.47 Å². The van der Waals surface area contributed by atoms with Gasteiger partial charge in [0.05, 0.1) is 11.1 Å². The second-order valence-corrected chi connectivity index (χ2v) is 3.44. The van der Waals surface area contributed by atoms with Gasteiger partial charge in [-0.3, -0.25) is 0 Å². The quantitative estimate of drug-likeness (QED) is 0.793. The van der Waals surface area contributed by atoms with E-state index in [1.165, 1.54) is 12.1 Å². The lowest BCUT2D eigenvalue weighted by Crippen LogP contribution is -2.14. The summed E-state index contributed by atoms with van der Waals surface area (Å²) in [4.78, 5) is 11.0. The highest BCUT2D eigenvalue weighted by Crippen LogP contribution is 2.27. The minimum atomic E-state index is -0.478. The highest BCUT2D eigenvalue weighted by Gasteiger charge is 2.08. The first-order valence-corrected chi connectivity index (χ1v) is 5.17. The van der Waals surface area contributed by atoms with Crippen molar-refractivity contribution in [2.24, 2.45) is 0 Å². The summed E-state index contributed by atoms with van der Waals surface area (Å²) in [6.07, 6.45) is 0. The predicted octanol–water partition coefficient (Wildman–Crippen LogP) is 2.53. The number of rotatable bonds is 4. The summed E-state index contributed by atoms with van der Waals surface area (Å²) in [6.45, 7) is 1.78. The van der Waals surface area contributed by atoms with Crippen molar-refractivity contribution in [1.29, 1.82) is 0 Å². The van der Waals surface area contributed by atoms with E-state index in [-0.39, 0.29) is 16.8 Å². The fourth-order valence-electron chi connectivity index (χ4n) is 0.935. The van der Waals surface area contributed by atoms with Gasteiger partial charge in [-0.2, -0.15) is 0 Å². The summed E-state index contributed by atoms with van der Waals surface area (Å²) in [5.74, 6) is -0.631. The normalized spacial score (nSPS) is 9.80. The Morgan fingerprint density at radius 2 is 2.27 bits per heavy atom. The molecule has 82 valence electrons. The second-order valence-electron chi connectivity index (χ2n) is 2.65. The molecule has 0 aromatic heterocycles. The van der Waals surface area contributed by atoms with E-state index in [9.17, 15) is 9.18 Å². The zero-order chi connectivity index (χ0) is 11.3. The van der Waals surface area contributed by atoms with Gasteiger partial charge in [-0.25, -0.2) is 9.18 Å². The van der Waals surface area contributed by atoms with Crippen LogP contribution in [0.1, 0.15) is 6.92 Å². The van der Waals surface area contributed by atoms with Crippen molar-refractivity contribution in [3.8, 4) is 5.75 Å². The number of ether oxygens (including phenoxy) is 2. The smallest absolute Gasteiger partial charge is 0.344 e. The summed E-state index contributed by atoms with van der Waals surface area (Å²) < 4.78 is 22.9. The molecule has 1 aromatic carbocycles. The third kappa shape index (κ3) is 3.51. The Morgan fingerprint density at radius 1 is 1.53 bits per heavy atom. The number of hydrogen-bond acceptors (Lipinski definition) is 3. The molecule has 0 aliphatic heterocycles. The van der Waals surface area contributed by atoms with Crippen molar-refractivity contribution in [2.45, 2.75) is 6.92 Å². The van der Waals surface area contributed by atoms with Crippen LogP contribution in [0.2, 0.25) is 0 Å². The van der Waals surface area contributed by atoms with Gasteiger partial charge in [0.15, 0.2) is 6.61 Å². The van der Waals surface area contributed by atoms with Gasteiger partial charge in [0.25, 0.3) is 0 Å². The Bertz CT molecular complexity index is 355. The van der Waals surface area contributed by atoms with Crippen molar-refractivity contribution in [3.63, 3.8) is 0 Å². The molecule has 15 heavy (non-hydrogen) atoms. The highest BCUT2D eigenvalue weighted by molar-refractivity contribution is 9.10. The fourth-order valence-corrected chi connectivity index (χ4v) is 1.31. The van der Waals surface area contributed by atoms with Crippen LogP contribution in [-0.2, 0) is 9.53 Å². The van der Waals surface area contributed by atoms with Gasteiger partial charge >= 0.3 is 5.97 Å². The molecule has 3 nitrogen and oxygen atoms in total. The van der Waals surface area contributed by atoms with Crippen LogP contribution >= 0.6 is 15.9 Å². The maximum absolute atomic E-state index is 13.0. The largest absolute Gasteiger partial charge is 0.481 e. The lowest BCUT2D eigenvalue weighted by molar-refractivity contribution is -0.145. The lowest BCUT2D eigenvalue weighted by Gasteiger charge is -2.07. The first-order valence-electron chi connectivity index (χ1n) is 4.37. The lowest BCUT2D eigenvalue weighted by atomic mass is 10.3. The Kier molecular flexibility index (Phi) is 4.55. The molecule has 0 heterocycles. The second kappa shape index (κ2) is 5.70. The molecule has 0 unspecified atom stereocenters. The van der Waals surface area contributed by atoms with Crippen LogP contribution in [0.3, 0.4) is 0 Å². The summed E-state index contributed by atoms with van der Waals surface area (Å²) in [7, 11) is 0. The number of carbonyl (C=O) groups excluding carboxylic acids is 1. The van der Waals surface area contributed by atoms with Crippen molar-refractivity contribution in [2.75, 3.05) is 13.2 Å². The van der Waals surface area contributed by atoms with Gasteiger partial charge in [-0.15, -0.1) is 0 Å². The molecular formula is C10H10BrFO3. The third-order valence-corrected chi connectivity index (χ3v) is 2.34. The Labute approximate surface area is 95.3 Å². The molecule has 0 atom stereocenters. The molecule has 5 heteroatoms. The molecule has 0 bridgehead atoms. The average molecular weight is 277 g/mol. The Hall–Kier alpha value is -1.10. The third-order valence-electron chi connectivity index (χ3n) is 1.57. The zero-order valence-electron chi connectivity index (χ0n) is 8.13. The predicted molar refractivity (Wildman–Crippen MR) is 56.2 cm³/mol. The number of hydrogen-bond donors (Lipinski definition) is 0. The van der Waals surface area contributed by atoms with E-state index < -0.39 is 11.8 Å². The highest BCUT2D eigenvalue weighted by atomic mass is 79.9. The van der Waals surface area contributed by atoms with E-state index in [2.05, 4.69) is 20.7 Å². The molecule has 0 aliphatic rings. The topological polar surface area (TPSA) is 35.5 Å². The van der Waals surface area contributed by atoms with Crippen molar-refractivity contribution in [3.05, 3.63) is 28.5 Å². The van der Waals surface area contributed by atoms with Crippen LogP contribution in [0.25, 0.3) is 0 Å². The van der Waals surface area contributed by atoms with E-state index in [0.29, 0.717) is 6.61 Å². The molecular weight excluding hydrogens is 267 g/mol. The SMILES string of the molecule is CCOC(=O)COc1cccc(F)c1Br. The summed E-state index contributed by atoms with van der Waals surface area (Å²) in [6, 6.07) is 4.36. The molecule has 0 radical (unpaired) electrons. The number of esters is 1. The molecule has 0 N–H and O–H groups in total. The first-order chi connectivity index (χ1) is 7.15. The minimum Gasteiger partial charge on any atom is -0.481 e. The number of benzene rings is 1. The van der Waals surface area contributed by atoms with Crippen LogP contribution in [0.15, 0.2) is 22.7 Å². The van der Waals surface area contributed by atoms with E-state index in [1.54, 1.807) is 13.0 Å². The van der Waals surface area contributed by atoms with Gasteiger partial charge in [0.1, 0.15) is 11.6 Å². The van der Waals surface area contributed by atoms with Gasteiger partial charge in [0, 0.05) is 0 Å². The summed E-state index contributed by atoms with van der Waals surface area (Å²) in [5, 5.41) is 0. The molecule has 0 aliphatic carbocycles. The van der Waals surface area contributed by atoms with Crippen molar-refractivity contribution < 1.29 is 18.7 Å². The van der Waals surface area contributed by atoms with Gasteiger partial charge in [-0.05, 0) is 35.0 Å². The fraction of sp³-hybridized carbons (Fsp3) is 0.300. The summed E-state index contributed by atoms with van der Waals surface area (Å²) in [5.41, 5.74) is 0. The number of halogens is 2. The van der Waals surface area contributed by atoms with Crippen LogP contribution in [0, 0.1) is 5.82 Å². The van der Waals surface area contributed by atoms with E-state index in [4.69, 9.17) is 4.74 Å². The zero-order valence-corrected chi connectivity index (χ0v) is 9.71. The van der Waals surface area contributed by atoms with E-state index in [0.717, 1.165) is 0 Å². The molecule has 0 saturated heterocycles.